The van der Waals surface area contributed by atoms with Crippen LogP contribution in [0.3, 0.4) is 0 Å². The van der Waals surface area contributed by atoms with Crippen LogP contribution in [0.5, 0.6) is 0 Å². The van der Waals surface area contributed by atoms with Crippen molar-refractivity contribution in [2.24, 2.45) is 0 Å². The molecule has 0 aliphatic carbocycles. The summed E-state index contributed by atoms with van der Waals surface area (Å²) < 4.78 is 77.1. The van der Waals surface area contributed by atoms with E-state index in [1.54, 1.807) is 0 Å². The normalized spacial score (nSPS) is 12.5. The van der Waals surface area contributed by atoms with E-state index in [1.165, 1.54) is 6.07 Å². The monoisotopic (exact) mass is 324 g/mol. The van der Waals surface area contributed by atoms with E-state index in [-0.39, 0.29) is 11.1 Å². The quantitative estimate of drug-likeness (QED) is 0.561. The summed E-state index contributed by atoms with van der Waals surface area (Å²) >= 11 is 5.66. The van der Waals surface area contributed by atoms with Crippen molar-refractivity contribution in [1.29, 1.82) is 0 Å². The van der Waals surface area contributed by atoms with Gasteiger partial charge in [-0.1, -0.05) is 41.9 Å². The van der Waals surface area contributed by atoms with E-state index >= 15 is 0 Å². The number of halogens is 7. The zero-order valence-electron chi connectivity index (χ0n) is 10.2. The maximum absolute atomic E-state index is 12.9. The Kier molecular flexibility index (Phi) is 3.93. The Morgan fingerprint density at radius 1 is 0.619 bits per heavy atom. The summed E-state index contributed by atoms with van der Waals surface area (Å²) in [6.45, 7) is 0. The Labute approximate surface area is 121 Å². The van der Waals surface area contributed by atoms with E-state index in [0.29, 0.717) is 0 Å². The Bertz CT molecular complexity index is 657. The minimum absolute atomic E-state index is 0.306. The van der Waals surface area contributed by atoms with Crippen molar-refractivity contribution in [2.45, 2.75) is 12.4 Å². The molecule has 0 aliphatic rings. The van der Waals surface area contributed by atoms with Gasteiger partial charge in [-0.2, -0.15) is 26.3 Å². The molecule has 0 heterocycles. The predicted octanol–water partition coefficient (Wildman–Crippen LogP) is 6.04. The van der Waals surface area contributed by atoms with Gasteiger partial charge in [-0.15, -0.1) is 0 Å². The van der Waals surface area contributed by atoms with E-state index in [0.717, 1.165) is 36.4 Å². The van der Waals surface area contributed by atoms with Crippen LogP contribution in [0.15, 0.2) is 42.5 Å². The number of rotatable bonds is 1. The average Bonchev–Trinajstić information content (AvgIpc) is 2.36. The van der Waals surface area contributed by atoms with Crippen LogP contribution in [-0.2, 0) is 12.4 Å². The first-order chi connectivity index (χ1) is 9.62. The summed E-state index contributed by atoms with van der Waals surface area (Å²) in [5.74, 6) is 0. The highest BCUT2D eigenvalue weighted by molar-refractivity contribution is 6.34. The molecule has 7 heteroatoms. The van der Waals surface area contributed by atoms with Gasteiger partial charge in [-0.05, 0) is 17.7 Å². The highest BCUT2D eigenvalue weighted by atomic mass is 35.5. The summed E-state index contributed by atoms with van der Waals surface area (Å²) in [5, 5.41) is -0.748. The van der Waals surface area contributed by atoms with Gasteiger partial charge in [0, 0.05) is 5.56 Å². The third-order valence-corrected chi connectivity index (χ3v) is 3.23. The van der Waals surface area contributed by atoms with Crippen LogP contribution in [0.25, 0.3) is 11.1 Å². The summed E-state index contributed by atoms with van der Waals surface area (Å²) in [6, 6.07) is 7.23. The molecule has 0 N–H and O–H groups in total. The SMILES string of the molecule is FC(F)(F)c1ccccc1-c1cccc(C(F)(F)F)c1Cl. The third kappa shape index (κ3) is 3.15. The minimum Gasteiger partial charge on any atom is -0.166 e. The molecule has 0 amide bonds. The predicted molar refractivity (Wildman–Crippen MR) is 66.9 cm³/mol. The van der Waals surface area contributed by atoms with E-state index in [2.05, 4.69) is 0 Å². The second kappa shape index (κ2) is 5.26. The lowest BCUT2D eigenvalue weighted by molar-refractivity contribution is -0.137. The summed E-state index contributed by atoms with van der Waals surface area (Å²) in [5.41, 5.74) is -2.90. The molecule has 0 nitrogen and oxygen atoms in total. The maximum Gasteiger partial charge on any atom is 0.417 e. The van der Waals surface area contributed by atoms with Crippen molar-refractivity contribution >= 4 is 11.6 Å². The molecule has 0 radical (unpaired) electrons. The molecule has 0 fully saturated rings. The lowest BCUT2D eigenvalue weighted by atomic mass is 9.97. The molecule has 21 heavy (non-hydrogen) atoms. The van der Waals surface area contributed by atoms with E-state index in [1.807, 2.05) is 0 Å². The molecule has 112 valence electrons. The lowest BCUT2D eigenvalue weighted by Crippen LogP contribution is -2.09. The Balaban J connectivity index is 2.70. The Hall–Kier alpha value is -1.69. The largest absolute Gasteiger partial charge is 0.417 e. The van der Waals surface area contributed by atoms with Crippen LogP contribution in [-0.4, -0.2) is 0 Å². The van der Waals surface area contributed by atoms with E-state index < -0.39 is 28.5 Å². The fourth-order valence-electron chi connectivity index (χ4n) is 1.92. The summed E-state index contributed by atoms with van der Waals surface area (Å²) in [7, 11) is 0. The first-order valence-electron chi connectivity index (χ1n) is 5.64. The average molecular weight is 325 g/mol. The van der Waals surface area contributed by atoms with E-state index in [9.17, 15) is 26.3 Å². The van der Waals surface area contributed by atoms with Crippen molar-refractivity contribution < 1.29 is 26.3 Å². The number of alkyl halides is 6. The van der Waals surface area contributed by atoms with Crippen LogP contribution < -0.4 is 0 Å². The summed E-state index contributed by atoms with van der Waals surface area (Å²) in [6.07, 6.45) is -9.42. The molecule has 0 unspecified atom stereocenters. The van der Waals surface area contributed by atoms with Gasteiger partial charge >= 0.3 is 12.4 Å². The third-order valence-electron chi connectivity index (χ3n) is 2.83. The fraction of sp³-hybridized carbons (Fsp3) is 0.143. The van der Waals surface area contributed by atoms with Crippen molar-refractivity contribution in [3.05, 3.63) is 58.6 Å². The first kappa shape index (κ1) is 15.7. The molecule has 0 bridgehead atoms. The zero-order valence-corrected chi connectivity index (χ0v) is 10.9. The fourth-order valence-corrected chi connectivity index (χ4v) is 2.26. The molecule has 2 rings (SSSR count). The van der Waals surface area contributed by atoms with Gasteiger partial charge in [0.15, 0.2) is 0 Å². The van der Waals surface area contributed by atoms with Gasteiger partial charge in [-0.25, -0.2) is 0 Å². The van der Waals surface area contributed by atoms with Crippen molar-refractivity contribution in [1.82, 2.24) is 0 Å². The molecule has 0 atom stereocenters. The molecule has 0 aromatic heterocycles. The maximum atomic E-state index is 12.9. The molecule has 2 aromatic rings. The Morgan fingerprint density at radius 3 is 1.67 bits per heavy atom. The molecular formula is C14H7ClF6. The standard InChI is InChI=1S/C14H7ClF6/c15-12-9(5-3-7-11(12)14(19,20)21)8-4-1-2-6-10(8)13(16,17)18/h1-7H. The van der Waals surface area contributed by atoms with Gasteiger partial charge in [0.05, 0.1) is 16.1 Å². The van der Waals surface area contributed by atoms with Gasteiger partial charge in [-0.3, -0.25) is 0 Å². The van der Waals surface area contributed by atoms with Crippen LogP contribution >= 0.6 is 11.6 Å². The lowest BCUT2D eigenvalue weighted by Gasteiger charge is -2.16. The molecule has 0 spiro atoms. The number of benzene rings is 2. The highest BCUT2D eigenvalue weighted by Crippen LogP contribution is 2.43. The molecule has 0 aliphatic heterocycles. The highest BCUT2D eigenvalue weighted by Gasteiger charge is 2.37. The number of hydrogen-bond donors (Lipinski definition) is 0. The van der Waals surface area contributed by atoms with Crippen LogP contribution in [0.1, 0.15) is 11.1 Å². The van der Waals surface area contributed by atoms with Crippen molar-refractivity contribution in [3.63, 3.8) is 0 Å². The minimum atomic E-state index is -4.74. The molecular weight excluding hydrogens is 318 g/mol. The summed E-state index contributed by atoms with van der Waals surface area (Å²) in [4.78, 5) is 0. The van der Waals surface area contributed by atoms with Gasteiger partial charge < -0.3 is 0 Å². The van der Waals surface area contributed by atoms with Crippen molar-refractivity contribution in [3.8, 4) is 11.1 Å². The topological polar surface area (TPSA) is 0 Å². The van der Waals surface area contributed by atoms with Gasteiger partial charge in [0.25, 0.3) is 0 Å². The van der Waals surface area contributed by atoms with Crippen LogP contribution in [0.2, 0.25) is 5.02 Å². The van der Waals surface area contributed by atoms with Gasteiger partial charge in [0.1, 0.15) is 0 Å². The van der Waals surface area contributed by atoms with Gasteiger partial charge in [0.2, 0.25) is 0 Å². The van der Waals surface area contributed by atoms with Crippen molar-refractivity contribution in [2.75, 3.05) is 0 Å². The second-order valence-corrected chi connectivity index (χ2v) is 4.59. The smallest absolute Gasteiger partial charge is 0.166 e. The molecule has 2 aromatic carbocycles. The molecule has 0 saturated heterocycles. The first-order valence-corrected chi connectivity index (χ1v) is 6.02. The van der Waals surface area contributed by atoms with Crippen LogP contribution in [0.4, 0.5) is 26.3 Å². The second-order valence-electron chi connectivity index (χ2n) is 4.21. The number of hydrogen-bond acceptors (Lipinski definition) is 0. The van der Waals surface area contributed by atoms with Crippen LogP contribution in [0, 0.1) is 0 Å². The molecule has 0 saturated carbocycles. The van der Waals surface area contributed by atoms with E-state index in [4.69, 9.17) is 11.6 Å². The zero-order chi connectivity index (χ0) is 15.8. The Morgan fingerprint density at radius 2 is 1.10 bits per heavy atom.